The van der Waals surface area contributed by atoms with Crippen molar-refractivity contribution in [1.82, 2.24) is 15.6 Å². The van der Waals surface area contributed by atoms with E-state index in [0.717, 1.165) is 28.0 Å². The summed E-state index contributed by atoms with van der Waals surface area (Å²) in [6, 6.07) is 7.61. The molecule has 0 amide bonds. The Morgan fingerprint density at radius 1 is 1.24 bits per heavy atom. The third kappa shape index (κ3) is 5.63. The number of nitrogens with zero attached hydrogens (tertiary/aromatic N) is 2. The third-order valence-corrected chi connectivity index (χ3v) is 4.04. The van der Waals surface area contributed by atoms with Crippen LogP contribution in [0, 0.1) is 0 Å². The lowest BCUT2D eigenvalue weighted by Gasteiger charge is -2.13. The maximum Gasteiger partial charge on any atom is 0.434 e. The number of para-hydroxylation sites is 1. The molecule has 0 fully saturated rings. The van der Waals surface area contributed by atoms with Crippen LogP contribution in [0.2, 0.25) is 0 Å². The highest BCUT2D eigenvalue weighted by Crippen LogP contribution is 2.29. The van der Waals surface area contributed by atoms with Crippen molar-refractivity contribution < 1.29 is 17.9 Å². The van der Waals surface area contributed by atoms with Crippen LogP contribution in [0.1, 0.15) is 23.2 Å². The molecule has 0 saturated heterocycles. The first-order valence-electron chi connectivity index (χ1n) is 7.60. The van der Waals surface area contributed by atoms with Gasteiger partial charge in [0, 0.05) is 24.5 Å². The number of aromatic nitrogens is 1. The van der Waals surface area contributed by atoms with E-state index in [1.54, 1.807) is 7.05 Å². The average Bonchev–Trinajstić information content (AvgIpc) is 3.06. The Morgan fingerprint density at radius 2 is 1.96 bits per heavy atom. The van der Waals surface area contributed by atoms with Crippen LogP contribution in [0.15, 0.2) is 34.6 Å². The number of benzene rings is 1. The predicted molar refractivity (Wildman–Crippen MR) is 91.8 cm³/mol. The number of alkyl halides is 3. The van der Waals surface area contributed by atoms with Gasteiger partial charge in [-0.15, -0.1) is 11.3 Å². The van der Waals surface area contributed by atoms with E-state index in [1.165, 1.54) is 0 Å². The van der Waals surface area contributed by atoms with E-state index < -0.39 is 11.9 Å². The lowest BCUT2D eigenvalue weighted by molar-refractivity contribution is -0.140. The summed E-state index contributed by atoms with van der Waals surface area (Å²) in [4.78, 5) is 7.63. The molecule has 0 aliphatic carbocycles. The Hall–Kier alpha value is -2.29. The zero-order valence-corrected chi connectivity index (χ0v) is 14.7. The molecular weight excluding hydrogens is 353 g/mol. The summed E-state index contributed by atoms with van der Waals surface area (Å²) < 4.78 is 43.2. The number of rotatable bonds is 6. The molecule has 0 radical (unpaired) electrons. The number of aliphatic imine (C=N–C) groups is 1. The van der Waals surface area contributed by atoms with Crippen LogP contribution in [0.3, 0.4) is 0 Å². The zero-order valence-electron chi connectivity index (χ0n) is 13.9. The minimum absolute atomic E-state index is 0.160. The first kappa shape index (κ1) is 19.0. The van der Waals surface area contributed by atoms with Crippen LogP contribution in [0.25, 0.3) is 0 Å². The zero-order chi connectivity index (χ0) is 18.3. The Kier molecular flexibility index (Phi) is 6.63. The van der Waals surface area contributed by atoms with Crippen LogP contribution < -0.4 is 15.4 Å². The highest BCUT2D eigenvalue weighted by Gasteiger charge is 2.33. The molecule has 0 atom stereocenters. The van der Waals surface area contributed by atoms with Gasteiger partial charge in [-0.2, -0.15) is 13.2 Å². The van der Waals surface area contributed by atoms with E-state index in [1.807, 2.05) is 31.2 Å². The summed E-state index contributed by atoms with van der Waals surface area (Å²) in [5, 5.41) is 7.40. The van der Waals surface area contributed by atoms with Gasteiger partial charge in [0.2, 0.25) is 0 Å². The van der Waals surface area contributed by atoms with Crippen molar-refractivity contribution in [3.63, 3.8) is 0 Å². The topological polar surface area (TPSA) is 58.5 Å². The van der Waals surface area contributed by atoms with Gasteiger partial charge in [-0.1, -0.05) is 18.2 Å². The smallest absolute Gasteiger partial charge is 0.434 e. The van der Waals surface area contributed by atoms with Crippen molar-refractivity contribution in [2.24, 2.45) is 4.99 Å². The van der Waals surface area contributed by atoms with Gasteiger partial charge in [0.1, 0.15) is 10.8 Å². The highest BCUT2D eigenvalue weighted by atomic mass is 32.1. The first-order valence-corrected chi connectivity index (χ1v) is 8.48. The molecule has 9 heteroatoms. The fourth-order valence-electron chi connectivity index (χ4n) is 2.03. The molecule has 0 bridgehead atoms. The first-order chi connectivity index (χ1) is 11.9. The number of ether oxygens (including phenoxy) is 1. The highest BCUT2D eigenvalue weighted by molar-refractivity contribution is 7.09. The van der Waals surface area contributed by atoms with Crippen molar-refractivity contribution in [1.29, 1.82) is 0 Å². The molecule has 0 unspecified atom stereocenters. The van der Waals surface area contributed by atoms with Crippen molar-refractivity contribution in [3.05, 3.63) is 45.9 Å². The number of hydrogen-bond donors (Lipinski definition) is 2. The van der Waals surface area contributed by atoms with Crippen molar-refractivity contribution in [3.8, 4) is 5.75 Å². The van der Waals surface area contributed by atoms with Crippen molar-refractivity contribution in [2.45, 2.75) is 26.2 Å². The number of thiazole rings is 1. The van der Waals surface area contributed by atoms with Crippen LogP contribution in [0.5, 0.6) is 5.75 Å². The lowest BCUT2D eigenvalue weighted by Crippen LogP contribution is -2.36. The Morgan fingerprint density at radius 3 is 2.60 bits per heavy atom. The van der Waals surface area contributed by atoms with E-state index in [2.05, 4.69) is 20.6 Å². The van der Waals surface area contributed by atoms with Crippen molar-refractivity contribution in [2.75, 3.05) is 13.7 Å². The molecular formula is C16H19F3N4OS. The molecule has 2 rings (SSSR count). The minimum Gasteiger partial charge on any atom is -0.494 e. The standard InChI is InChI=1S/C16H19F3N4OS/c1-3-24-12-7-5-4-6-11(12)8-21-15(20-2)22-9-14-23-13(10-25-14)16(17,18)19/h4-7,10H,3,8-9H2,1-2H3,(H2,20,21,22). The molecule has 0 aliphatic rings. The Bertz CT molecular complexity index is 715. The van der Waals surface area contributed by atoms with E-state index >= 15 is 0 Å². The number of halogens is 3. The van der Waals surface area contributed by atoms with E-state index in [9.17, 15) is 13.2 Å². The lowest BCUT2D eigenvalue weighted by atomic mass is 10.2. The second kappa shape index (κ2) is 8.70. The third-order valence-electron chi connectivity index (χ3n) is 3.19. The number of guanidine groups is 1. The average molecular weight is 372 g/mol. The number of nitrogens with one attached hydrogen (secondary N) is 2. The fourth-order valence-corrected chi connectivity index (χ4v) is 2.77. The molecule has 2 N–H and O–H groups in total. The predicted octanol–water partition coefficient (Wildman–Crippen LogP) is 3.43. The molecule has 25 heavy (non-hydrogen) atoms. The van der Waals surface area contributed by atoms with Gasteiger partial charge >= 0.3 is 6.18 Å². The van der Waals surface area contributed by atoms with Crippen LogP contribution >= 0.6 is 11.3 Å². The van der Waals surface area contributed by atoms with Gasteiger partial charge in [-0.3, -0.25) is 4.99 Å². The van der Waals surface area contributed by atoms with Gasteiger partial charge < -0.3 is 15.4 Å². The molecule has 1 heterocycles. The molecule has 5 nitrogen and oxygen atoms in total. The summed E-state index contributed by atoms with van der Waals surface area (Å²) in [5.41, 5.74) is 0.0868. The van der Waals surface area contributed by atoms with Gasteiger partial charge in [0.05, 0.1) is 13.2 Å². The van der Waals surface area contributed by atoms with Crippen LogP contribution in [-0.2, 0) is 19.3 Å². The number of hydrogen-bond acceptors (Lipinski definition) is 4. The molecule has 1 aromatic carbocycles. The maximum absolute atomic E-state index is 12.6. The van der Waals surface area contributed by atoms with Crippen LogP contribution in [-0.4, -0.2) is 24.6 Å². The van der Waals surface area contributed by atoms with Crippen molar-refractivity contribution >= 4 is 17.3 Å². The van der Waals surface area contributed by atoms with Gasteiger partial charge in [-0.05, 0) is 13.0 Å². The summed E-state index contributed by atoms with van der Waals surface area (Å²) >= 11 is 0.956. The Balaban J connectivity index is 1.90. The SMILES string of the molecule is CCOc1ccccc1CNC(=NC)NCc1nc(C(F)(F)F)cs1. The second-order valence-electron chi connectivity index (χ2n) is 4.94. The molecule has 1 aromatic heterocycles. The molecule has 0 aliphatic heterocycles. The minimum atomic E-state index is -4.42. The van der Waals surface area contributed by atoms with E-state index in [4.69, 9.17) is 4.74 Å². The molecule has 0 saturated carbocycles. The van der Waals surface area contributed by atoms with Gasteiger partial charge in [-0.25, -0.2) is 4.98 Å². The normalized spacial score (nSPS) is 12.1. The largest absolute Gasteiger partial charge is 0.494 e. The van der Waals surface area contributed by atoms with Gasteiger partial charge in [0.15, 0.2) is 11.7 Å². The molecule has 136 valence electrons. The quantitative estimate of drug-likeness (QED) is 0.603. The summed E-state index contributed by atoms with van der Waals surface area (Å²) in [5.74, 6) is 1.25. The monoisotopic (exact) mass is 372 g/mol. The maximum atomic E-state index is 12.6. The fraction of sp³-hybridized carbons (Fsp3) is 0.375. The summed E-state index contributed by atoms with van der Waals surface area (Å²) in [7, 11) is 1.59. The summed E-state index contributed by atoms with van der Waals surface area (Å²) in [6.45, 7) is 3.11. The molecule has 0 spiro atoms. The summed E-state index contributed by atoms with van der Waals surface area (Å²) in [6.07, 6.45) is -4.42. The molecule has 2 aromatic rings. The Labute approximate surface area is 148 Å². The van der Waals surface area contributed by atoms with Gasteiger partial charge in [0.25, 0.3) is 0 Å². The van der Waals surface area contributed by atoms with E-state index in [-0.39, 0.29) is 6.54 Å². The van der Waals surface area contributed by atoms with E-state index in [0.29, 0.717) is 24.1 Å². The second-order valence-corrected chi connectivity index (χ2v) is 5.89. The van der Waals surface area contributed by atoms with Crippen LogP contribution in [0.4, 0.5) is 13.2 Å².